The first-order valence-electron chi connectivity index (χ1n) is 8.35. The number of rotatable bonds is 3. The third-order valence-electron chi connectivity index (χ3n) is 1.65. The van der Waals surface area contributed by atoms with E-state index < -0.39 is 54.5 Å². The van der Waals surface area contributed by atoms with E-state index in [2.05, 4.69) is 0 Å². The van der Waals surface area contributed by atoms with Crippen LogP contribution in [0.15, 0.2) is 0 Å². The molecule has 0 atom stereocenters. The first-order valence-corrected chi connectivity index (χ1v) is 8.35. The fourth-order valence-corrected chi connectivity index (χ4v) is 1.12. The van der Waals surface area contributed by atoms with Crippen molar-refractivity contribution in [1.29, 1.82) is 0 Å². The van der Waals surface area contributed by atoms with Crippen LogP contribution >= 0.6 is 0 Å². The van der Waals surface area contributed by atoms with Crippen LogP contribution in [0.25, 0.3) is 0 Å². The fraction of sp³-hybridized carbons (Fsp3) is 0.833. The molecule has 3 N–H and O–H groups in total. The predicted octanol–water partition coefficient (Wildman–Crippen LogP) is 0.961. The third kappa shape index (κ3) is 32.4. The van der Waals surface area contributed by atoms with E-state index in [9.17, 15) is 14.4 Å². The largest absolute Gasteiger partial charge is 0.458 e. The molecular weight excluding hydrogens is 360 g/mol. The minimum absolute atomic E-state index is 0.486. The summed E-state index contributed by atoms with van der Waals surface area (Å²) in [4.78, 5) is 31.1. The van der Waals surface area contributed by atoms with E-state index in [1.165, 1.54) is 0 Å². The van der Waals surface area contributed by atoms with Crippen molar-refractivity contribution in [2.45, 2.75) is 79.1 Å². The minimum atomic E-state index is -0.581. The highest BCUT2D eigenvalue weighted by atomic mass is 16.6. The second-order valence-electron chi connectivity index (χ2n) is 8.23. The van der Waals surface area contributed by atoms with E-state index in [-0.39, 0.29) is 0 Å². The second-order valence-corrected chi connectivity index (χ2v) is 8.23. The maximum absolute atomic E-state index is 10.4. The lowest BCUT2D eigenvalue weighted by Crippen LogP contribution is -2.25. The molecule has 0 saturated carbocycles. The summed E-state index contributed by atoms with van der Waals surface area (Å²) >= 11 is 0. The van der Waals surface area contributed by atoms with E-state index in [0.717, 1.165) is 0 Å². The quantitative estimate of drug-likeness (QED) is 0.470. The molecule has 0 bridgehead atoms. The van der Waals surface area contributed by atoms with Gasteiger partial charge in [-0.05, 0) is 62.3 Å². The van der Waals surface area contributed by atoms with Gasteiger partial charge in [-0.1, -0.05) is 0 Å². The first-order chi connectivity index (χ1) is 11.9. The Hall–Kier alpha value is -1.71. The predicted molar refractivity (Wildman–Crippen MR) is 98.8 cm³/mol. The number of ether oxygens (including phenoxy) is 3. The summed E-state index contributed by atoms with van der Waals surface area (Å²) in [6.07, 6.45) is 0. The summed E-state index contributed by atoms with van der Waals surface area (Å²) in [5.74, 6) is -1.74. The highest BCUT2D eigenvalue weighted by Crippen LogP contribution is 2.07. The Balaban J connectivity index is -0.000000320. The van der Waals surface area contributed by atoms with Crippen LogP contribution in [-0.2, 0) is 28.6 Å². The van der Waals surface area contributed by atoms with E-state index in [1.807, 2.05) is 0 Å². The molecule has 0 aromatic heterocycles. The monoisotopic (exact) mass is 396 g/mol. The molecule has 0 aliphatic heterocycles. The van der Waals surface area contributed by atoms with Crippen molar-refractivity contribution in [1.82, 2.24) is 0 Å². The Kier molecular flexibility index (Phi) is 15.0. The molecule has 9 heteroatoms. The molecule has 0 fully saturated rings. The van der Waals surface area contributed by atoms with E-state index >= 15 is 0 Å². The summed E-state index contributed by atoms with van der Waals surface area (Å²) in [5, 5.41) is 24.7. The minimum Gasteiger partial charge on any atom is -0.458 e. The molecule has 162 valence electrons. The number of carbonyl (C=O) groups excluding carboxylic acids is 3. The Morgan fingerprint density at radius 2 is 0.667 bits per heavy atom. The average molecular weight is 396 g/mol. The molecule has 0 radical (unpaired) electrons. The van der Waals surface area contributed by atoms with Gasteiger partial charge in [0.2, 0.25) is 0 Å². The summed E-state index contributed by atoms with van der Waals surface area (Å²) in [5.41, 5.74) is -1.46. The number of hydrogen-bond donors (Lipinski definition) is 3. The molecule has 0 aromatic carbocycles. The molecule has 0 aromatic rings. The van der Waals surface area contributed by atoms with Gasteiger partial charge in [0, 0.05) is 0 Å². The lowest BCUT2D eigenvalue weighted by atomic mass is 10.2. The van der Waals surface area contributed by atoms with Crippen LogP contribution in [0.5, 0.6) is 0 Å². The van der Waals surface area contributed by atoms with Gasteiger partial charge in [0.25, 0.3) is 0 Å². The van der Waals surface area contributed by atoms with Crippen molar-refractivity contribution in [3.63, 3.8) is 0 Å². The summed E-state index contributed by atoms with van der Waals surface area (Å²) < 4.78 is 14.1. The van der Waals surface area contributed by atoms with Gasteiger partial charge in [0.15, 0.2) is 0 Å². The highest BCUT2D eigenvalue weighted by molar-refractivity contribution is 5.71. The van der Waals surface area contributed by atoms with Gasteiger partial charge in [-0.2, -0.15) is 0 Å². The van der Waals surface area contributed by atoms with Crippen molar-refractivity contribution in [2.24, 2.45) is 0 Å². The van der Waals surface area contributed by atoms with Gasteiger partial charge in [0.05, 0.1) is 0 Å². The number of carbonyl (C=O) groups is 3. The van der Waals surface area contributed by atoms with Gasteiger partial charge < -0.3 is 29.5 Å². The normalized spacial score (nSPS) is 11.1. The van der Waals surface area contributed by atoms with Crippen LogP contribution in [0.4, 0.5) is 0 Å². The van der Waals surface area contributed by atoms with E-state index in [4.69, 9.17) is 29.5 Å². The standard InChI is InChI=1S/3C6H12O3/c3*1-6(2,3)9-5(8)4-7/h3*7H,4H2,1-3H3. The van der Waals surface area contributed by atoms with Gasteiger partial charge >= 0.3 is 17.9 Å². The van der Waals surface area contributed by atoms with Gasteiger partial charge in [-0.3, -0.25) is 0 Å². The van der Waals surface area contributed by atoms with Crippen molar-refractivity contribution in [3.8, 4) is 0 Å². The molecule has 0 saturated heterocycles. The summed E-state index contributed by atoms with van der Waals surface area (Å²) in [6.45, 7) is 14.1. The summed E-state index contributed by atoms with van der Waals surface area (Å²) in [7, 11) is 0. The van der Waals surface area contributed by atoms with Gasteiger partial charge in [0.1, 0.15) is 36.6 Å². The number of aliphatic hydroxyl groups is 3. The van der Waals surface area contributed by atoms with Crippen molar-refractivity contribution in [3.05, 3.63) is 0 Å². The van der Waals surface area contributed by atoms with Crippen LogP contribution in [0.3, 0.4) is 0 Å². The van der Waals surface area contributed by atoms with Crippen LogP contribution in [-0.4, -0.2) is 69.9 Å². The van der Waals surface area contributed by atoms with E-state index in [0.29, 0.717) is 0 Å². The van der Waals surface area contributed by atoms with Crippen molar-refractivity contribution in [2.75, 3.05) is 19.8 Å². The maximum atomic E-state index is 10.4. The molecule has 0 aliphatic rings. The lowest BCUT2D eigenvalue weighted by molar-refractivity contribution is -0.159. The van der Waals surface area contributed by atoms with E-state index in [1.54, 1.807) is 62.3 Å². The van der Waals surface area contributed by atoms with Gasteiger partial charge in [-0.15, -0.1) is 0 Å². The van der Waals surface area contributed by atoms with Crippen molar-refractivity contribution < 1.29 is 43.9 Å². The molecule has 0 aliphatic carbocycles. The van der Waals surface area contributed by atoms with Crippen LogP contribution in [0.1, 0.15) is 62.3 Å². The van der Waals surface area contributed by atoms with Crippen LogP contribution in [0.2, 0.25) is 0 Å². The summed E-state index contributed by atoms with van der Waals surface area (Å²) in [6, 6.07) is 0. The maximum Gasteiger partial charge on any atom is 0.332 e. The molecule has 9 nitrogen and oxygen atoms in total. The molecule has 0 amide bonds. The average Bonchev–Trinajstić information content (AvgIpc) is 2.43. The van der Waals surface area contributed by atoms with Crippen LogP contribution in [0, 0.1) is 0 Å². The topological polar surface area (TPSA) is 140 Å². The Labute approximate surface area is 161 Å². The van der Waals surface area contributed by atoms with Crippen molar-refractivity contribution >= 4 is 17.9 Å². The Bertz CT molecular complexity index is 371. The van der Waals surface area contributed by atoms with Crippen LogP contribution < -0.4 is 0 Å². The highest BCUT2D eigenvalue weighted by Gasteiger charge is 2.15. The number of hydrogen-bond acceptors (Lipinski definition) is 9. The second kappa shape index (κ2) is 13.5. The number of aliphatic hydroxyl groups excluding tert-OH is 3. The molecule has 0 spiro atoms. The Morgan fingerprint density at radius 1 is 0.519 bits per heavy atom. The zero-order valence-corrected chi connectivity index (χ0v) is 17.9. The lowest BCUT2D eigenvalue weighted by Gasteiger charge is -2.18. The molecule has 0 rings (SSSR count). The molecular formula is C18H36O9. The third-order valence-corrected chi connectivity index (χ3v) is 1.65. The zero-order chi connectivity index (χ0) is 22.5. The first kappa shape index (κ1) is 30.0. The van der Waals surface area contributed by atoms with Gasteiger partial charge in [-0.25, -0.2) is 14.4 Å². The zero-order valence-electron chi connectivity index (χ0n) is 17.9. The Morgan fingerprint density at radius 3 is 0.704 bits per heavy atom. The molecule has 27 heavy (non-hydrogen) atoms. The number of esters is 3. The molecule has 0 heterocycles. The fourth-order valence-electron chi connectivity index (χ4n) is 1.12. The molecule has 0 unspecified atom stereocenters. The smallest absolute Gasteiger partial charge is 0.332 e. The SMILES string of the molecule is CC(C)(C)OC(=O)CO.CC(C)(C)OC(=O)CO.CC(C)(C)OC(=O)CO.